The van der Waals surface area contributed by atoms with Crippen molar-refractivity contribution in [1.82, 2.24) is 4.90 Å². The molecule has 2 N–H and O–H groups in total. The molecule has 0 spiro atoms. The van der Waals surface area contributed by atoms with Gasteiger partial charge < -0.3 is 10.0 Å². The Kier molecular flexibility index (Phi) is 5.14. The molecule has 6 heteroatoms. The van der Waals surface area contributed by atoms with Crippen LogP contribution in [0.4, 0.5) is 9.80 Å². The van der Waals surface area contributed by atoms with E-state index in [4.69, 9.17) is 0 Å². The van der Waals surface area contributed by atoms with Crippen molar-refractivity contribution in [2.75, 3.05) is 18.5 Å². The van der Waals surface area contributed by atoms with Gasteiger partial charge in [-0.1, -0.05) is 30.3 Å². The Balaban J connectivity index is 1.76. The number of nitriles is 1. The summed E-state index contributed by atoms with van der Waals surface area (Å²) >= 11 is 1.50. The van der Waals surface area contributed by atoms with Crippen molar-refractivity contribution in [3.05, 3.63) is 51.9 Å². The Morgan fingerprint density at radius 1 is 1.33 bits per heavy atom. The van der Waals surface area contributed by atoms with E-state index < -0.39 is 0 Å². The predicted molar refractivity (Wildman–Crippen MR) is 94.0 cm³/mol. The molecule has 0 bridgehead atoms. The van der Waals surface area contributed by atoms with Crippen molar-refractivity contribution < 1.29 is 9.90 Å². The highest BCUT2D eigenvalue weighted by atomic mass is 32.1. The van der Waals surface area contributed by atoms with Crippen molar-refractivity contribution in [1.29, 1.82) is 5.26 Å². The third-order valence-electron chi connectivity index (χ3n) is 4.13. The average Bonchev–Trinajstić information content (AvgIpc) is 3.16. The van der Waals surface area contributed by atoms with Crippen molar-refractivity contribution in [3.8, 4) is 6.07 Å². The molecule has 5 nitrogen and oxygen atoms in total. The van der Waals surface area contributed by atoms with E-state index in [1.165, 1.54) is 16.2 Å². The van der Waals surface area contributed by atoms with Gasteiger partial charge >= 0.3 is 6.03 Å². The van der Waals surface area contributed by atoms with E-state index in [1.54, 1.807) is 4.90 Å². The van der Waals surface area contributed by atoms with Crippen LogP contribution in [0.2, 0.25) is 0 Å². The molecule has 1 heterocycles. The molecule has 1 aromatic heterocycles. The second kappa shape index (κ2) is 7.47. The van der Waals surface area contributed by atoms with Crippen LogP contribution in [-0.4, -0.2) is 29.2 Å². The number of aryl methyl sites for hydroxylation is 1. The molecule has 1 aromatic carbocycles. The average molecular weight is 341 g/mol. The summed E-state index contributed by atoms with van der Waals surface area (Å²) in [5, 5.41) is 22.2. The summed E-state index contributed by atoms with van der Waals surface area (Å²) in [5.74, 6) is 0. The number of carbonyl (C=O) groups is 1. The van der Waals surface area contributed by atoms with Gasteiger partial charge in [-0.25, -0.2) is 4.79 Å². The van der Waals surface area contributed by atoms with E-state index in [-0.39, 0.29) is 19.2 Å². The highest BCUT2D eigenvalue weighted by Gasteiger charge is 2.24. The number of aliphatic hydroxyl groups excluding tert-OH is 1. The van der Waals surface area contributed by atoms with Crippen LogP contribution in [0.15, 0.2) is 30.3 Å². The summed E-state index contributed by atoms with van der Waals surface area (Å²) in [4.78, 5) is 15.4. The van der Waals surface area contributed by atoms with E-state index >= 15 is 0 Å². The number of rotatable bonds is 5. The number of urea groups is 1. The molecule has 0 fully saturated rings. The molecule has 1 aliphatic carbocycles. The molecule has 124 valence electrons. The lowest BCUT2D eigenvalue weighted by Gasteiger charge is -2.22. The van der Waals surface area contributed by atoms with Crippen molar-refractivity contribution in [3.63, 3.8) is 0 Å². The molecule has 0 aliphatic heterocycles. The van der Waals surface area contributed by atoms with Crippen LogP contribution >= 0.6 is 11.3 Å². The number of anilines is 1. The lowest BCUT2D eigenvalue weighted by atomic mass is 10.1. The monoisotopic (exact) mass is 341 g/mol. The first-order chi connectivity index (χ1) is 11.7. The van der Waals surface area contributed by atoms with Gasteiger partial charge in [-0.3, -0.25) is 5.32 Å². The van der Waals surface area contributed by atoms with Crippen molar-refractivity contribution in [2.45, 2.75) is 25.8 Å². The summed E-state index contributed by atoms with van der Waals surface area (Å²) < 4.78 is 0. The minimum absolute atomic E-state index is 0.105. The van der Waals surface area contributed by atoms with Gasteiger partial charge in [0.15, 0.2) is 0 Å². The maximum atomic E-state index is 12.6. The largest absolute Gasteiger partial charge is 0.395 e. The van der Waals surface area contributed by atoms with E-state index in [1.807, 2.05) is 30.3 Å². The Hall–Kier alpha value is -2.36. The molecule has 0 unspecified atom stereocenters. The van der Waals surface area contributed by atoms with Crippen LogP contribution < -0.4 is 5.32 Å². The molecule has 2 amide bonds. The van der Waals surface area contributed by atoms with Crippen LogP contribution in [0.3, 0.4) is 0 Å². The Morgan fingerprint density at radius 2 is 2.12 bits per heavy atom. The summed E-state index contributed by atoms with van der Waals surface area (Å²) in [6, 6.07) is 11.6. The van der Waals surface area contributed by atoms with Gasteiger partial charge in [0.1, 0.15) is 11.1 Å². The van der Waals surface area contributed by atoms with E-state index in [2.05, 4.69) is 11.4 Å². The summed E-state index contributed by atoms with van der Waals surface area (Å²) in [6.07, 6.45) is 2.97. The number of nitrogens with zero attached hydrogens (tertiary/aromatic N) is 2. The third-order valence-corrected chi connectivity index (χ3v) is 5.33. The smallest absolute Gasteiger partial charge is 0.322 e. The second-order valence-corrected chi connectivity index (χ2v) is 6.84. The molecule has 0 saturated heterocycles. The Labute approximate surface area is 145 Å². The SMILES string of the molecule is N#Cc1c(NC(=O)N(CCO)Cc2ccccc2)sc2c1CCC2. The highest BCUT2D eigenvalue weighted by molar-refractivity contribution is 7.16. The zero-order valence-electron chi connectivity index (χ0n) is 13.3. The van der Waals surface area contributed by atoms with E-state index in [0.29, 0.717) is 17.1 Å². The number of thiophene rings is 1. The Bertz CT molecular complexity index is 765. The molecular formula is C18H19N3O2S. The quantitative estimate of drug-likeness (QED) is 0.877. The number of hydrogen-bond donors (Lipinski definition) is 2. The molecule has 1 aliphatic rings. The van der Waals surface area contributed by atoms with Gasteiger partial charge in [0.25, 0.3) is 0 Å². The third kappa shape index (κ3) is 3.42. The first-order valence-corrected chi connectivity index (χ1v) is 8.80. The molecule has 0 saturated carbocycles. The van der Waals surface area contributed by atoms with Gasteiger partial charge in [0, 0.05) is 18.0 Å². The van der Waals surface area contributed by atoms with Gasteiger partial charge in [-0.15, -0.1) is 11.3 Å². The number of fused-ring (bicyclic) bond motifs is 1. The maximum absolute atomic E-state index is 12.6. The highest BCUT2D eigenvalue weighted by Crippen LogP contribution is 2.38. The molecule has 0 radical (unpaired) electrons. The summed E-state index contributed by atoms with van der Waals surface area (Å²) in [5.41, 5.74) is 2.69. The number of hydrogen-bond acceptors (Lipinski definition) is 4. The number of nitrogens with one attached hydrogen (secondary N) is 1. The zero-order valence-corrected chi connectivity index (χ0v) is 14.1. The number of aliphatic hydroxyl groups is 1. The zero-order chi connectivity index (χ0) is 16.9. The van der Waals surface area contributed by atoms with Crippen LogP contribution in [0.25, 0.3) is 0 Å². The fourth-order valence-electron chi connectivity index (χ4n) is 2.96. The first kappa shape index (κ1) is 16.5. The number of amides is 2. The van der Waals surface area contributed by atoms with Crippen LogP contribution in [-0.2, 0) is 19.4 Å². The van der Waals surface area contributed by atoms with Gasteiger partial charge in [-0.05, 0) is 30.4 Å². The molecule has 3 rings (SSSR count). The lowest BCUT2D eigenvalue weighted by Crippen LogP contribution is -2.36. The minimum Gasteiger partial charge on any atom is -0.395 e. The number of carbonyl (C=O) groups excluding carboxylic acids is 1. The van der Waals surface area contributed by atoms with E-state index in [0.717, 1.165) is 30.4 Å². The standard InChI is InChI=1S/C18H19N3O2S/c19-11-15-14-7-4-8-16(14)24-17(15)20-18(23)21(9-10-22)12-13-5-2-1-3-6-13/h1-3,5-6,22H,4,7-10,12H2,(H,20,23). The maximum Gasteiger partial charge on any atom is 0.322 e. The normalized spacial score (nSPS) is 12.5. The minimum atomic E-state index is -0.288. The fraction of sp³-hybridized carbons (Fsp3) is 0.333. The van der Waals surface area contributed by atoms with Crippen LogP contribution in [0.1, 0.15) is 28.0 Å². The van der Waals surface area contributed by atoms with Gasteiger partial charge in [0.05, 0.1) is 12.2 Å². The molecular weight excluding hydrogens is 322 g/mol. The van der Waals surface area contributed by atoms with Crippen LogP contribution in [0.5, 0.6) is 0 Å². The van der Waals surface area contributed by atoms with Crippen molar-refractivity contribution in [2.24, 2.45) is 0 Å². The molecule has 0 atom stereocenters. The second-order valence-electron chi connectivity index (χ2n) is 5.73. The lowest BCUT2D eigenvalue weighted by molar-refractivity contribution is 0.185. The first-order valence-electron chi connectivity index (χ1n) is 7.98. The topological polar surface area (TPSA) is 76.4 Å². The predicted octanol–water partition coefficient (Wildman–Crippen LogP) is 3.13. The summed E-state index contributed by atoms with van der Waals surface area (Å²) in [7, 11) is 0. The Morgan fingerprint density at radius 3 is 2.83 bits per heavy atom. The summed E-state index contributed by atoms with van der Waals surface area (Å²) in [6.45, 7) is 0.556. The fourth-order valence-corrected chi connectivity index (χ4v) is 4.19. The van der Waals surface area contributed by atoms with Crippen LogP contribution in [0, 0.1) is 11.3 Å². The molecule has 2 aromatic rings. The number of benzene rings is 1. The molecule has 24 heavy (non-hydrogen) atoms. The van der Waals surface area contributed by atoms with Crippen molar-refractivity contribution >= 4 is 22.4 Å². The van der Waals surface area contributed by atoms with Gasteiger partial charge in [-0.2, -0.15) is 5.26 Å². The van der Waals surface area contributed by atoms with Gasteiger partial charge in [0.2, 0.25) is 0 Å². The van der Waals surface area contributed by atoms with E-state index in [9.17, 15) is 15.2 Å².